The summed E-state index contributed by atoms with van der Waals surface area (Å²) in [6.45, 7) is 7.58. The summed E-state index contributed by atoms with van der Waals surface area (Å²) < 4.78 is 10.6. The Hall–Kier alpha value is -1.97. The first-order valence-electron chi connectivity index (χ1n) is 6.18. The molecule has 0 amide bonds. The lowest BCUT2D eigenvalue weighted by Crippen LogP contribution is -2.25. The lowest BCUT2D eigenvalue weighted by atomic mass is 10.2. The van der Waals surface area contributed by atoms with E-state index in [1.165, 1.54) is 0 Å². The maximum absolute atomic E-state index is 12.0. The van der Waals surface area contributed by atoms with E-state index in [0.29, 0.717) is 6.61 Å². The monoisotopic (exact) mass is 264 g/mol. The number of benzene rings is 1. The van der Waals surface area contributed by atoms with E-state index >= 15 is 0 Å². The molecule has 0 bridgehead atoms. The highest BCUT2D eigenvalue weighted by molar-refractivity contribution is 5.91. The third-order valence-electron chi connectivity index (χ3n) is 2.09. The molecule has 0 radical (unpaired) electrons. The molecule has 0 saturated heterocycles. The number of phenols is 1. The van der Waals surface area contributed by atoms with E-state index in [1.807, 2.05) is 0 Å². The Kier molecular flexibility index (Phi) is 4.98. The van der Waals surface area contributed by atoms with Crippen molar-refractivity contribution in [3.8, 4) is 5.75 Å². The van der Waals surface area contributed by atoms with Gasteiger partial charge in [0.1, 0.15) is 11.4 Å². The second kappa shape index (κ2) is 6.27. The predicted molar refractivity (Wildman–Crippen MR) is 73.6 cm³/mol. The van der Waals surface area contributed by atoms with E-state index in [4.69, 9.17) is 9.47 Å². The fourth-order valence-electron chi connectivity index (χ4n) is 1.37. The van der Waals surface area contributed by atoms with Crippen molar-refractivity contribution in [1.82, 2.24) is 0 Å². The van der Waals surface area contributed by atoms with Crippen molar-refractivity contribution in [2.75, 3.05) is 6.61 Å². The first kappa shape index (κ1) is 15.1. The molecule has 0 aliphatic carbocycles. The van der Waals surface area contributed by atoms with Gasteiger partial charge in [-0.15, -0.1) is 0 Å². The molecule has 4 heteroatoms. The van der Waals surface area contributed by atoms with E-state index in [9.17, 15) is 9.90 Å². The summed E-state index contributed by atoms with van der Waals surface area (Å²) >= 11 is 0. The van der Waals surface area contributed by atoms with Crippen molar-refractivity contribution in [3.05, 3.63) is 35.6 Å². The number of esters is 1. The number of carbonyl (C=O) groups is 1. The molecule has 0 spiro atoms. The van der Waals surface area contributed by atoms with Gasteiger partial charge in [0.25, 0.3) is 0 Å². The highest BCUT2D eigenvalue weighted by atomic mass is 16.6. The highest BCUT2D eigenvalue weighted by Gasteiger charge is 2.20. The van der Waals surface area contributed by atoms with E-state index in [0.717, 1.165) is 5.56 Å². The predicted octanol–water partition coefficient (Wildman–Crippen LogP) is 3.11. The first-order chi connectivity index (χ1) is 8.81. The molecule has 1 aromatic carbocycles. The molecule has 0 atom stereocenters. The lowest BCUT2D eigenvalue weighted by Gasteiger charge is -2.20. The summed E-state index contributed by atoms with van der Waals surface area (Å²) in [5, 5.41) is 9.21. The van der Waals surface area contributed by atoms with Crippen LogP contribution in [-0.2, 0) is 14.3 Å². The number of hydrogen-bond donors (Lipinski definition) is 1. The van der Waals surface area contributed by atoms with Crippen LogP contribution < -0.4 is 0 Å². The van der Waals surface area contributed by atoms with Gasteiger partial charge in [0.05, 0.1) is 6.61 Å². The zero-order chi connectivity index (χ0) is 14.5. The van der Waals surface area contributed by atoms with Crippen LogP contribution in [0.1, 0.15) is 33.3 Å². The third-order valence-corrected chi connectivity index (χ3v) is 2.09. The minimum Gasteiger partial charge on any atom is -0.508 e. The zero-order valence-corrected chi connectivity index (χ0v) is 11.8. The summed E-state index contributed by atoms with van der Waals surface area (Å²) in [5.74, 6) is -0.169. The normalized spacial score (nSPS) is 12.1. The van der Waals surface area contributed by atoms with Crippen molar-refractivity contribution in [2.45, 2.75) is 33.3 Å². The minimum absolute atomic E-state index is 0.156. The largest absolute Gasteiger partial charge is 0.508 e. The van der Waals surface area contributed by atoms with Crippen LogP contribution >= 0.6 is 0 Å². The Balaban J connectivity index is 2.93. The van der Waals surface area contributed by atoms with E-state index < -0.39 is 11.6 Å². The maximum Gasteiger partial charge on any atom is 0.374 e. The molecular formula is C15H20O4. The number of rotatable bonds is 4. The van der Waals surface area contributed by atoms with Crippen molar-refractivity contribution < 1.29 is 19.4 Å². The molecule has 0 saturated carbocycles. The van der Waals surface area contributed by atoms with Crippen LogP contribution in [0.5, 0.6) is 5.75 Å². The quantitative estimate of drug-likeness (QED) is 0.516. The van der Waals surface area contributed by atoms with Gasteiger partial charge in [-0.2, -0.15) is 0 Å². The summed E-state index contributed by atoms with van der Waals surface area (Å²) in [5.41, 5.74) is 0.189. The van der Waals surface area contributed by atoms with Crippen molar-refractivity contribution in [2.24, 2.45) is 0 Å². The molecule has 1 aromatic rings. The summed E-state index contributed by atoms with van der Waals surface area (Å²) in [6, 6.07) is 6.48. The van der Waals surface area contributed by atoms with Crippen molar-refractivity contribution >= 4 is 12.0 Å². The third kappa shape index (κ3) is 5.46. The summed E-state index contributed by atoms with van der Waals surface area (Å²) in [6.07, 6.45) is 1.59. The lowest BCUT2D eigenvalue weighted by molar-refractivity contribution is -0.153. The minimum atomic E-state index is -0.567. The second-order valence-electron chi connectivity index (χ2n) is 5.04. The Morgan fingerprint density at radius 1 is 1.26 bits per heavy atom. The number of phenolic OH excluding ortho intramolecular Hbond substituents is 1. The Labute approximate surface area is 113 Å². The standard InChI is InChI=1S/C15H20O4/c1-5-18-13(14(17)19-15(2,3)4)10-11-6-8-12(16)9-7-11/h6-10,16H,5H2,1-4H3/b13-10-. The van der Waals surface area contributed by atoms with Crippen LogP contribution in [0.2, 0.25) is 0 Å². The Bertz CT molecular complexity index is 452. The molecule has 1 rings (SSSR count). The smallest absolute Gasteiger partial charge is 0.374 e. The topological polar surface area (TPSA) is 55.8 Å². The van der Waals surface area contributed by atoms with Crippen LogP contribution in [0.4, 0.5) is 0 Å². The Morgan fingerprint density at radius 2 is 1.84 bits per heavy atom. The number of aromatic hydroxyl groups is 1. The van der Waals surface area contributed by atoms with E-state index in [2.05, 4.69) is 0 Å². The maximum atomic E-state index is 12.0. The fourth-order valence-corrected chi connectivity index (χ4v) is 1.37. The first-order valence-corrected chi connectivity index (χ1v) is 6.18. The van der Waals surface area contributed by atoms with Crippen molar-refractivity contribution in [1.29, 1.82) is 0 Å². The molecule has 104 valence electrons. The molecule has 0 unspecified atom stereocenters. The van der Waals surface area contributed by atoms with Gasteiger partial charge in [0, 0.05) is 0 Å². The van der Waals surface area contributed by atoms with Crippen molar-refractivity contribution in [3.63, 3.8) is 0 Å². The SMILES string of the molecule is CCO/C(=C\c1ccc(O)cc1)C(=O)OC(C)(C)C. The molecule has 1 N–H and O–H groups in total. The summed E-state index contributed by atoms with van der Waals surface area (Å²) in [7, 11) is 0. The number of hydrogen-bond acceptors (Lipinski definition) is 4. The average molecular weight is 264 g/mol. The van der Waals surface area contributed by atoms with Gasteiger partial charge in [-0.05, 0) is 51.5 Å². The van der Waals surface area contributed by atoms with Crippen LogP contribution in [0.25, 0.3) is 6.08 Å². The molecule has 0 fully saturated rings. The van der Waals surface area contributed by atoms with Gasteiger partial charge in [-0.3, -0.25) is 0 Å². The second-order valence-corrected chi connectivity index (χ2v) is 5.04. The molecule has 0 heterocycles. The molecule has 0 aromatic heterocycles. The van der Waals surface area contributed by atoms with E-state index in [-0.39, 0.29) is 11.5 Å². The van der Waals surface area contributed by atoms with Crippen LogP contribution in [0, 0.1) is 0 Å². The Morgan fingerprint density at radius 3 is 2.32 bits per heavy atom. The van der Waals surface area contributed by atoms with Crippen LogP contribution in [0.15, 0.2) is 30.0 Å². The van der Waals surface area contributed by atoms with Gasteiger partial charge < -0.3 is 14.6 Å². The van der Waals surface area contributed by atoms with Gasteiger partial charge in [0.2, 0.25) is 5.76 Å². The van der Waals surface area contributed by atoms with Gasteiger partial charge >= 0.3 is 5.97 Å². The van der Waals surface area contributed by atoms with Gasteiger partial charge in [-0.25, -0.2) is 4.79 Å². The molecule has 0 aliphatic rings. The van der Waals surface area contributed by atoms with Gasteiger partial charge in [0.15, 0.2) is 0 Å². The summed E-state index contributed by atoms with van der Waals surface area (Å²) in [4.78, 5) is 12.0. The fraction of sp³-hybridized carbons (Fsp3) is 0.400. The van der Waals surface area contributed by atoms with Crippen LogP contribution in [-0.4, -0.2) is 23.3 Å². The van der Waals surface area contributed by atoms with E-state index in [1.54, 1.807) is 58.0 Å². The molecule has 0 aliphatic heterocycles. The average Bonchev–Trinajstić information content (AvgIpc) is 2.29. The highest BCUT2D eigenvalue weighted by Crippen LogP contribution is 2.16. The molecule has 4 nitrogen and oxygen atoms in total. The molecular weight excluding hydrogens is 244 g/mol. The zero-order valence-electron chi connectivity index (χ0n) is 11.8. The number of carbonyl (C=O) groups excluding carboxylic acids is 1. The van der Waals surface area contributed by atoms with Crippen LogP contribution in [0.3, 0.4) is 0 Å². The van der Waals surface area contributed by atoms with Gasteiger partial charge in [-0.1, -0.05) is 12.1 Å². The molecule has 19 heavy (non-hydrogen) atoms. The number of ether oxygens (including phenoxy) is 2.